The summed E-state index contributed by atoms with van der Waals surface area (Å²) in [4.78, 5) is 48.5. The summed E-state index contributed by atoms with van der Waals surface area (Å²) in [6.45, 7) is 2.13. The number of hydrogen-bond acceptors (Lipinski definition) is 9. The molecule has 13 heteroatoms. The van der Waals surface area contributed by atoms with Gasteiger partial charge in [0, 0.05) is 17.5 Å². The Morgan fingerprint density at radius 2 is 2.14 bits per heavy atom. The summed E-state index contributed by atoms with van der Waals surface area (Å²) in [5, 5.41) is 17.9. The topological polar surface area (TPSA) is 166 Å². The first-order valence-electron chi connectivity index (χ1n) is 11.5. The minimum Gasteiger partial charge on any atom is -0.493 e. The van der Waals surface area contributed by atoms with Crippen LogP contribution in [0.3, 0.4) is 0 Å². The molecule has 0 unspecified atom stereocenters. The van der Waals surface area contributed by atoms with E-state index in [-0.39, 0.29) is 30.1 Å². The number of fused-ring (bicyclic) bond motifs is 1. The predicted molar refractivity (Wildman–Crippen MR) is 135 cm³/mol. The van der Waals surface area contributed by atoms with E-state index in [4.69, 9.17) is 9.98 Å². The summed E-state index contributed by atoms with van der Waals surface area (Å²) in [6, 6.07) is 5.70. The Hall–Kier alpha value is -4.65. The van der Waals surface area contributed by atoms with Crippen molar-refractivity contribution < 1.29 is 9.90 Å². The van der Waals surface area contributed by atoms with Gasteiger partial charge < -0.3 is 15.4 Å². The lowest BCUT2D eigenvalue weighted by atomic mass is 10.3. The van der Waals surface area contributed by atoms with Crippen LogP contribution in [0.15, 0.2) is 46.6 Å². The summed E-state index contributed by atoms with van der Waals surface area (Å²) in [5.41, 5.74) is 2.99. The van der Waals surface area contributed by atoms with Gasteiger partial charge >= 0.3 is 5.69 Å². The molecule has 6 rings (SSSR count). The van der Waals surface area contributed by atoms with Gasteiger partial charge in [0.05, 0.1) is 51.8 Å². The second-order valence-electron chi connectivity index (χ2n) is 8.68. The van der Waals surface area contributed by atoms with Crippen LogP contribution in [0.5, 0.6) is 5.88 Å². The number of carbonyl (C=O) groups excluding carboxylic acids is 1. The third-order valence-corrected chi connectivity index (χ3v) is 6.83. The Bertz CT molecular complexity index is 1810. The Morgan fingerprint density at radius 1 is 1.27 bits per heavy atom. The van der Waals surface area contributed by atoms with E-state index >= 15 is 0 Å². The van der Waals surface area contributed by atoms with Gasteiger partial charge in [0.2, 0.25) is 5.88 Å². The zero-order valence-corrected chi connectivity index (χ0v) is 20.4. The third kappa shape index (κ3) is 4.76. The second-order valence-corrected chi connectivity index (χ2v) is 9.76. The number of nitrogens with one attached hydrogen (secondary N) is 3. The number of imidazole rings is 1. The standard InChI is InChI=1S/C24H21N9O3S/c1-12-8-26-15(10-25-12)11-27-23(35)19-5-4-18(37-19)16-7-20(29-14-2-3-14)33-21(30-16)13(9-28-33)6-17-22(34)32-24(36)31-17/h4-10,14,34H,2-3,11H2,1H3,(H,27,35)(H2,31,32,36). The lowest BCUT2D eigenvalue weighted by Gasteiger charge is -2.03. The molecule has 0 aliphatic heterocycles. The SMILES string of the molecule is Cc1cnc(CNC(=O)c2ccc(-c3cc(=NC4CC4)n4ncc(=Cc5[nH]c(=O)[nH]c5O)c4n3)s2)cn1. The molecular weight excluding hydrogens is 494 g/mol. The lowest BCUT2D eigenvalue weighted by Crippen LogP contribution is -2.22. The Labute approximate surface area is 212 Å². The molecular formula is C24H21N9O3S. The van der Waals surface area contributed by atoms with Gasteiger partial charge in [0.25, 0.3) is 5.91 Å². The summed E-state index contributed by atoms with van der Waals surface area (Å²) in [6.07, 6.45) is 8.54. The van der Waals surface area contributed by atoms with E-state index in [0.29, 0.717) is 32.6 Å². The van der Waals surface area contributed by atoms with Crippen LogP contribution in [0.2, 0.25) is 0 Å². The number of hydrogen-bond donors (Lipinski definition) is 4. The maximum absolute atomic E-state index is 12.7. The Kier molecular flexibility index (Phi) is 5.60. The molecule has 37 heavy (non-hydrogen) atoms. The zero-order valence-electron chi connectivity index (χ0n) is 19.6. The number of rotatable bonds is 6. The maximum atomic E-state index is 12.7. The van der Waals surface area contributed by atoms with Crippen molar-refractivity contribution in [2.24, 2.45) is 4.99 Å². The Balaban J connectivity index is 1.35. The highest BCUT2D eigenvalue weighted by Gasteiger charge is 2.21. The number of carbonyl (C=O) groups is 1. The summed E-state index contributed by atoms with van der Waals surface area (Å²) >= 11 is 1.32. The van der Waals surface area contributed by atoms with Gasteiger partial charge in [0.15, 0.2) is 11.1 Å². The molecule has 5 aromatic rings. The second kappa shape index (κ2) is 9.09. The van der Waals surface area contributed by atoms with Crippen molar-refractivity contribution >= 4 is 29.0 Å². The van der Waals surface area contributed by atoms with Crippen LogP contribution < -0.4 is 21.7 Å². The lowest BCUT2D eigenvalue weighted by molar-refractivity contribution is 0.0954. The van der Waals surface area contributed by atoms with Crippen LogP contribution in [-0.2, 0) is 6.54 Å². The van der Waals surface area contributed by atoms with Gasteiger partial charge in [0.1, 0.15) is 5.69 Å². The molecule has 12 nitrogen and oxygen atoms in total. The first-order valence-corrected chi connectivity index (χ1v) is 12.4. The van der Waals surface area contributed by atoms with Crippen molar-refractivity contribution in [3.63, 3.8) is 0 Å². The number of aryl methyl sites for hydroxylation is 1. The van der Waals surface area contributed by atoms with Crippen LogP contribution >= 0.6 is 11.3 Å². The number of aromatic nitrogens is 7. The number of nitrogens with zero attached hydrogens (tertiary/aromatic N) is 6. The summed E-state index contributed by atoms with van der Waals surface area (Å²) in [7, 11) is 0. The van der Waals surface area contributed by atoms with Crippen molar-refractivity contribution in [2.45, 2.75) is 32.4 Å². The van der Waals surface area contributed by atoms with Crippen molar-refractivity contribution in [3.05, 3.63) is 79.9 Å². The highest BCUT2D eigenvalue weighted by molar-refractivity contribution is 7.17. The minimum absolute atomic E-state index is 0.215. The van der Waals surface area contributed by atoms with Gasteiger partial charge in [-0.05, 0) is 38.0 Å². The van der Waals surface area contributed by atoms with E-state index in [0.717, 1.165) is 23.4 Å². The smallest absolute Gasteiger partial charge is 0.326 e. The average molecular weight is 516 g/mol. The molecule has 186 valence electrons. The van der Waals surface area contributed by atoms with E-state index in [1.807, 2.05) is 19.1 Å². The van der Waals surface area contributed by atoms with Gasteiger partial charge in [-0.3, -0.25) is 24.7 Å². The molecule has 4 N–H and O–H groups in total. The van der Waals surface area contributed by atoms with Crippen LogP contribution in [0.25, 0.3) is 22.3 Å². The molecule has 5 heterocycles. The summed E-state index contributed by atoms with van der Waals surface area (Å²) in [5.74, 6) is -0.484. The quantitative estimate of drug-likeness (QED) is 0.260. The number of aromatic amines is 2. The molecule has 5 aromatic heterocycles. The molecule has 1 fully saturated rings. The monoisotopic (exact) mass is 515 g/mol. The van der Waals surface area contributed by atoms with Crippen molar-refractivity contribution in [2.75, 3.05) is 0 Å². The van der Waals surface area contributed by atoms with Crippen LogP contribution in [0.4, 0.5) is 0 Å². The zero-order chi connectivity index (χ0) is 25.5. The molecule has 0 saturated heterocycles. The fourth-order valence-electron chi connectivity index (χ4n) is 3.69. The first-order chi connectivity index (χ1) is 17.9. The highest BCUT2D eigenvalue weighted by Crippen LogP contribution is 2.27. The highest BCUT2D eigenvalue weighted by atomic mass is 32.1. The Morgan fingerprint density at radius 3 is 2.86 bits per heavy atom. The number of H-pyrrole nitrogens is 2. The number of amides is 1. The van der Waals surface area contributed by atoms with Gasteiger partial charge in [-0.15, -0.1) is 11.3 Å². The van der Waals surface area contributed by atoms with Crippen LogP contribution in [-0.4, -0.2) is 51.6 Å². The van der Waals surface area contributed by atoms with E-state index < -0.39 is 5.69 Å². The van der Waals surface area contributed by atoms with Crippen LogP contribution in [0, 0.1) is 6.92 Å². The first kappa shape index (κ1) is 22.8. The van der Waals surface area contributed by atoms with Gasteiger partial charge in [-0.25, -0.2) is 9.78 Å². The van der Waals surface area contributed by atoms with Crippen molar-refractivity contribution in [1.29, 1.82) is 0 Å². The maximum Gasteiger partial charge on any atom is 0.326 e. The van der Waals surface area contributed by atoms with Crippen molar-refractivity contribution in [3.8, 4) is 16.5 Å². The fourth-order valence-corrected chi connectivity index (χ4v) is 4.57. The largest absolute Gasteiger partial charge is 0.493 e. The molecule has 0 bridgehead atoms. The normalized spacial score (nSPS) is 14.5. The van der Waals surface area contributed by atoms with Crippen LogP contribution in [0.1, 0.15) is 39.6 Å². The van der Waals surface area contributed by atoms with E-state index in [1.54, 1.807) is 35.2 Å². The molecule has 1 amide bonds. The molecule has 0 radical (unpaired) electrons. The number of thiophene rings is 1. The van der Waals surface area contributed by atoms with E-state index in [9.17, 15) is 14.7 Å². The molecule has 0 atom stereocenters. The van der Waals surface area contributed by atoms with Gasteiger partial charge in [-0.2, -0.15) is 9.61 Å². The molecule has 0 spiro atoms. The summed E-state index contributed by atoms with van der Waals surface area (Å²) < 4.78 is 1.64. The minimum atomic E-state index is -0.517. The third-order valence-electron chi connectivity index (χ3n) is 5.72. The van der Waals surface area contributed by atoms with Gasteiger partial charge in [-0.1, -0.05) is 0 Å². The van der Waals surface area contributed by atoms with E-state index in [2.05, 4.69) is 30.4 Å². The molecule has 1 aliphatic carbocycles. The molecule has 0 aromatic carbocycles. The fraction of sp³-hybridized carbons (Fsp3) is 0.208. The number of aromatic hydroxyl groups is 1. The molecule has 1 saturated carbocycles. The van der Waals surface area contributed by atoms with Crippen molar-refractivity contribution in [1.82, 2.24) is 39.9 Å². The molecule has 1 aliphatic rings. The predicted octanol–water partition coefficient (Wildman–Crippen LogP) is 0.819. The van der Waals surface area contributed by atoms with E-state index in [1.165, 1.54) is 11.3 Å². The average Bonchev–Trinajstić information content (AvgIpc) is 3.25.